The van der Waals surface area contributed by atoms with Crippen LogP contribution in [-0.4, -0.2) is 12.1 Å². The number of rotatable bonds is 3. The van der Waals surface area contributed by atoms with Crippen LogP contribution in [0.4, 0.5) is 0 Å². The summed E-state index contributed by atoms with van der Waals surface area (Å²) in [6.07, 6.45) is 3.77. The molecule has 0 saturated heterocycles. The lowest BCUT2D eigenvalue weighted by atomic mass is 9.99. The van der Waals surface area contributed by atoms with Crippen molar-refractivity contribution >= 4 is 18.1 Å². The number of hydrogen-bond donors (Lipinski definition) is 0. The summed E-state index contributed by atoms with van der Waals surface area (Å²) in [6, 6.07) is 5.51. The largest absolute Gasteiger partial charge is 0.299 e. The molecule has 0 atom stereocenters. The van der Waals surface area contributed by atoms with Crippen molar-refractivity contribution in [3.63, 3.8) is 0 Å². The summed E-state index contributed by atoms with van der Waals surface area (Å²) in [6.45, 7) is 3.43. The minimum absolute atomic E-state index is 0.0132. The van der Waals surface area contributed by atoms with Gasteiger partial charge in [-0.05, 0) is 31.1 Å². The number of allylic oxidation sites excluding steroid dienone is 1. The van der Waals surface area contributed by atoms with E-state index in [9.17, 15) is 9.59 Å². The summed E-state index contributed by atoms with van der Waals surface area (Å²) in [5, 5.41) is 0. The predicted molar refractivity (Wildman–Crippen MR) is 56.3 cm³/mol. The Morgan fingerprint density at radius 2 is 2.07 bits per heavy atom. The molecule has 0 aliphatic carbocycles. The highest BCUT2D eigenvalue weighted by atomic mass is 16.1. The van der Waals surface area contributed by atoms with Gasteiger partial charge in [0.15, 0.2) is 5.78 Å². The first kappa shape index (κ1) is 10.4. The van der Waals surface area contributed by atoms with Gasteiger partial charge in [0.25, 0.3) is 0 Å². The molecule has 0 N–H and O–H groups in total. The van der Waals surface area contributed by atoms with Gasteiger partial charge in [-0.3, -0.25) is 9.59 Å². The fourth-order valence-electron chi connectivity index (χ4n) is 1.34. The molecule has 1 aromatic carbocycles. The topological polar surface area (TPSA) is 34.1 Å². The lowest BCUT2D eigenvalue weighted by Gasteiger charge is -2.05. The molecule has 0 saturated carbocycles. The van der Waals surface area contributed by atoms with E-state index in [2.05, 4.69) is 0 Å². The summed E-state index contributed by atoms with van der Waals surface area (Å²) in [7, 11) is 0. The smallest absolute Gasteiger partial charge is 0.160 e. The first-order chi connectivity index (χ1) is 6.66. The zero-order valence-corrected chi connectivity index (χ0v) is 8.28. The Hall–Kier alpha value is -1.70. The van der Waals surface area contributed by atoms with Crippen LogP contribution in [0.25, 0.3) is 6.08 Å². The average Bonchev–Trinajstić information content (AvgIpc) is 2.15. The first-order valence-corrected chi connectivity index (χ1v) is 4.39. The second-order valence-electron chi connectivity index (χ2n) is 3.09. The molecule has 0 fully saturated rings. The zero-order valence-electron chi connectivity index (χ0n) is 8.28. The van der Waals surface area contributed by atoms with Crippen molar-refractivity contribution in [2.75, 3.05) is 0 Å². The quantitative estimate of drug-likeness (QED) is 0.414. The molecule has 0 aliphatic heterocycles. The van der Waals surface area contributed by atoms with Crippen LogP contribution in [0.5, 0.6) is 0 Å². The van der Waals surface area contributed by atoms with E-state index in [1.54, 1.807) is 12.1 Å². The maximum atomic E-state index is 11.3. The van der Waals surface area contributed by atoms with Crippen LogP contribution in [0.2, 0.25) is 0 Å². The molecule has 0 unspecified atom stereocenters. The van der Waals surface area contributed by atoms with E-state index in [1.165, 1.54) is 13.0 Å². The van der Waals surface area contributed by atoms with E-state index in [4.69, 9.17) is 0 Å². The molecular weight excluding hydrogens is 176 g/mol. The monoisotopic (exact) mass is 188 g/mol. The van der Waals surface area contributed by atoms with Crippen LogP contribution >= 0.6 is 0 Å². The lowest BCUT2D eigenvalue weighted by molar-refractivity contribution is -0.104. The summed E-state index contributed by atoms with van der Waals surface area (Å²) < 4.78 is 0. The second kappa shape index (κ2) is 4.51. The maximum Gasteiger partial charge on any atom is 0.160 e. The van der Waals surface area contributed by atoms with E-state index in [0.717, 1.165) is 11.1 Å². The molecular formula is C12H12O2. The highest BCUT2D eigenvalue weighted by molar-refractivity contribution is 5.98. The molecule has 1 aromatic rings. The van der Waals surface area contributed by atoms with Crippen molar-refractivity contribution < 1.29 is 9.59 Å². The third kappa shape index (κ3) is 2.16. The number of aryl methyl sites for hydroxylation is 1. The van der Waals surface area contributed by atoms with Gasteiger partial charge in [0, 0.05) is 5.56 Å². The molecule has 0 bridgehead atoms. The van der Waals surface area contributed by atoms with E-state index in [1.807, 2.05) is 19.1 Å². The number of hydrogen-bond acceptors (Lipinski definition) is 2. The van der Waals surface area contributed by atoms with Gasteiger partial charge >= 0.3 is 0 Å². The van der Waals surface area contributed by atoms with Crippen LogP contribution in [-0.2, 0) is 4.79 Å². The number of aldehydes is 1. The minimum Gasteiger partial charge on any atom is -0.299 e. The molecule has 0 amide bonds. The molecule has 2 heteroatoms. The number of Topliss-reactive ketones (excluding diaryl/α,β-unsaturated/α-hetero) is 1. The van der Waals surface area contributed by atoms with E-state index >= 15 is 0 Å². The molecule has 2 nitrogen and oxygen atoms in total. The number of ketones is 1. The van der Waals surface area contributed by atoms with E-state index in [-0.39, 0.29) is 5.78 Å². The predicted octanol–water partition coefficient (Wildman–Crippen LogP) is 2.41. The van der Waals surface area contributed by atoms with Crippen LogP contribution in [0.15, 0.2) is 24.3 Å². The van der Waals surface area contributed by atoms with Gasteiger partial charge in [-0.1, -0.05) is 24.3 Å². The van der Waals surface area contributed by atoms with Crippen molar-refractivity contribution in [3.8, 4) is 0 Å². The summed E-state index contributed by atoms with van der Waals surface area (Å²) in [4.78, 5) is 21.5. The van der Waals surface area contributed by atoms with Gasteiger partial charge in [-0.25, -0.2) is 0 Å². The third-order valence-electron chi connectivity index (χ3n) is 2.04. The summed E-state index contributed by atoms with van der Waals surface area (Å²) in [5.41, 5.74) is 2.48. The van der Waals surface area contributed by atoms with Crippen molar-refractivity contribution in [1.82, 2.24) is 0 Å². The Kier molecular flexibility index (Phi) is 3.35. The van der Waals surface area contributed by atoms with Gasteiger partial charge < -0.3 is 0 Å². The lowest BCUT2D eigenvalue weighted by Crippen LogP contribution is -1.97. The molecule has 72 valence electrons. The molecule has 0 aliphatic rings. The fourth-order valence-corrected chi connectivity index (χ4v) is 1.34. The van der Waals surface area contributed by atoms with Crippen molar-refractivity contribution in [1.29, 1.82) is 0 Å². The average molecular weight is 188 g/mol. The van der Waals surface area contributed by atoms with Gasteiger partial charge in [0.1, 0.15) is 6.29 Å². The standard InChI is InChI=1S/C12H12O2/c1-9-5-3-6-12(10(2)14)11(9)7-4-8-13/h3-8H,1-2H3/b7-4+. The first-order valence-electron chi connectivity index (χ1n) is 4.39. The highest BCUT2D eigenvalue weighted by Crippen LogP contribution is 2.16. The molecule has 1 rings (SSSR count). The Morgan fingerprint density at radius 1 is 1.36 bits per heavy atom. The van der Waals surface area contributed by atoms with Gasteiger partial charge in [0.2, 0.25) is 0 Å². The van der Waals surface area contributed by atoms with Gasteiger partial charge in [0.05, 0.1) is 0 Å². The fraction of sp³-hybridized carbons (Fsp3) is 0.167. The van der Waals surface area contributed by atoms with Crippen LogP contribution in [0.3, 0.4) is 0 Å². The Balaban J connectivity index is 3.28. The third-order valence-corrected chi connectivity index (χ3v) is 2.04. The normalized spacial score (nSPS) is 10.4. The number of carbonyl (C=O) groups excluding carboxylic acids is 2. The molecule has 0 aromatic heterocycles. The zero-order chi connectivity index (χ0) is 10.6. The van der Waals surface area contributed by atoms with Crippen LogP contribution < -0.4 is 0 Å². The number of benzene rings is 1. The molecule has 0 radical (unpaired) electrons. The molecule has 14 heavy (non-hydrogen) atoms. The van der Waals surface area contributed by atoms with E-state index < -0.39 is 0 Å². The molecule has 0 heterocycles. The van der Waals surface area contributed by atoms with Crippen LogP contribution in [0.1, 0.15) is 28.4 Å². The van der Waals surface area contributed by atoms with Gasteiger partial charge in [-0.15, -0.1) is 0 Å². The Bertz CT molecular complexity index is 389. The Labute approximate surface area is 83.3 Å². The second-order valence-corrected chi connectivity index (χ2v) is 3.09. The maximum absolute atomic E-state index is 11.3. The highest BCUT2D eigenvalue weighted by Gasteiger charge is 2.05. The van der Waals surface area contributed by atoms with Crippen molar-refractivity contribution in [3.05, 3.63) is 41.0 Å². The van der Waals surface area contributed by atoms with Gasteiger partial charge in [-0.2, -0.15) is 0 Å². The number of carbonyl (C=O) groups is 2. The van der Waals surface area contributed by atoms with Crippen molar-refractivity contribution in [2.24, 2.45) is 0 Å². The Morgan fingerprint density at radius 3 is 2.64 bits per heavy atom. The van der Waals surface area contributed by atoms with Crippen LogP contribution in [0, 0.1) is 6.92 Å². The van der Waals surface area contributed by atoms with E-state index in [0.29, 0.717) is 11.8 Å². The van der Waals surface area contributed by atoms with Crippen molar-refractivity contribution in [2.45, 2.75) is 13.8 Å². The summed E-state index contributed by atoms with van der Waals surface area (Å²) in [5.74, 6) is 0.0132. The SMILES string of the molecule is CC(=O)c1cccc(C)c1/C=C/C=O. The summed E-state index contributed by atoms with van der Waals surface area (Å²) >= 11 is 0. The minimum atomic E-state index is 0.0132. The molecule has 0 spiro atoms.